The molecule has 4 aromatic carbocycles. The second-order valence-electron chi connectivity index (χ2n) is 23.3. The van der Waals surface area contributed by atoms with Crippen LogP contribution in [0.2, 0.25) is 0 Å². The molecule has 4 heterocycles. The van der Waals surface area contributed by atoms with Gasteiger partial charge in [0.25, 0.3) is 0 Å². The molecule has 2 saturated heterocycles. The first kappa shape index (κ1) is 65.6. The van der Waals surface area contributed by atoms with Crippen molar-refractivity contribution in [3.8, 4) is 32.4 Å². The van der Waals surface area contributed by atoms with E-state index >= 15 is 0 Å². The Morgan fingerprint density at radius 1 is 0.500 bits per heavy atom. The van der Waals surface area contributed by atoms with Gasteiger partial charge in [0.2, 0.25) is 20.0 Å². The zero-order valence-electron chi connectivity index (χ0n) is 50.0. The zero-order chi connectivity index (χ0) is 62.2. The molecule has 22 heteroatoms. The average Bonchev–Trinajstić information content (AvgIpc) is 3.97. The number of carboxylic acids is 2. The highest BCUT2D eigenvalue weighted by Gasteiger charge is 2.32. The van der Waals surface area contributed by atoms with Crippen molar-refractivity contribution in [3.63, 3.8) is 0 Å². The molecule has 4 fully saturated rings. The van der Waals surface area contributed by atoms with Crippen molar-refractivity contribution >= 4 is 78.0 Å². The summed E-state index contributed by atoms with van der Waals surface area (Å²) >= 11 is 2.50. The van der Waals surface area contributed by atoms with Crippen LogP contribution in [0.15, 0.2) is 109 Å². The number of carboxylic acid groups (broad SMARTS) is 2. The third-order valence-corrected chi connectivity index (χ3v) is 23.0. The van der Waals surface area contributed by atoms with Gasteiger partial charge < -0.3 is 39.8 Å². The number of piperidine rings is 2. The van der Waals surface area contributed by atoms with Crippen molar-refractivity contribution in [2.24, 2.45) is 11.8 Å². The molecule has 4 aliphatic rings. The molecule has 10 rings (SSSR count). The van der Waals surface area contributed by atoms with E-state index in [1.54, 1.807) is 8.61 Å². The van der Waals surface area contributed by atoms with Crippen LogP contribution in [0.4, 0.5) is 11.4 Å². The van der Waals surface area contributed by atoms with Gasteiger partial charge >= 0.3 is 23.9 Å². The lowest BCUT2D eigenvalue weighted by molar-refractivity contribution is -0.140. The highest BCUT2D eigenvalue weighted by molar-refractivity contribution is 7.88. The fourth-order valence-corrected chi connectivity index (χ4v) is 17.3. The number of benzene rings is 4. The van der Waals surface area contributed by atoms with E-state index in [2.05, 4.69) is 10.6 Å². The molecule has 2 aliphatic heterocycles. The molecule has 0 radical (unpaired) electrons. The smallest absolute Gasteiger partial charge is 0.352 e. The minimum Gasteiger partial charge on any atom is -0.480 e. The molecule has 18 nitrogen and oxygen atoms in total. The number of ether oxygens (including phenoxy) is 4. The van der Waals surface area contributed by atoms with Gasteiger partial charge in [0.05, 0.1) is 24.7 Å². The second-order valence-corrected chi connectivity index (χ2v) is 29.3. The van der Waals surface area contributed by atoms with Crippen molar-refractivity contribution in [2.45, 2.75) is 127 Å². The molecule has 0 unspecified atom stereocenters. The van der Waals surface area contributed by atoms with Gasteiger partial charge in [0.15, 0.2) is 23.0 Å². The number of nitrogens with zero attached hydrogens (tertiary/aromatic N) is 2. The van der Waals surface area contributed by atoms with Gasteiger partial charge in [-0.15, -0.1) is 22.7 Å². The normalized spacial score (nSPS) is 16.8. The molecule has 0 bridgehead atoms. The maximum absolute atomic E-state index is 13.2. The third kappa shape index (κ3) is 18.2. The number of esters is 2. The Morgan fingerprint density at radius 2 is 0.864 bits per heavy atom. The summed E-state index contributed by atoms with van der Waals surface area (Å²) in [5, 5.41) is 25.6. The quantitative estimate of drug-likeness (QED) is 0.0412. The maximum Gasteiger partial charge on any atom is 0.352 e. The van der Waals surface area contributed by atoms with E-state index in [1.807, 2.05) is 123 Å². The molecular formula is C66H80N4O14S4. The van der Waals surface area contributed by atoms with Crippen molar-refractivity contribution in [3.05, 3.63) is 141 Å². The van der Waals surface area contributed by atoms with E-state index in [1.165, 1.54) is 35.5 Å². The molecule has 2 aromatic heterocycles. The molecule has 88 heavy (non-hydrogen) atoms. The number of rotatable bonds is 24. The van der Waals surface area contributed by atoms with Crippen molar-refractivity contribution in [1.29, 1.82) is 0 Å². The Labute approximate surface area is 524 Å². The number of carbonyl (C=O) groups excluding carboxylic acids is 2. The Morgan fingerprint density at radius 3 is 1.22 bits per heavy atom. The lowest BCUT2D eigenvalue weighted by Crippen LogP contribution is -2.42. The summed E-state index contributed by atoms with van der Waals surface area (Å²) in [6.07, 6.45) is 13.9. The van der Waals surface area contributed by atoms with Crippen molar-refractivity contribution in [1.82, 2.24) is 8.61 Å². The van der Waals surface area contributed by atoms with Crippen molar-refractivity contribution in [2.75, 3.05) is 63.2 Å². The Balaban J connectivity index is 0.000000209. The lowest BCUT2D eigenvalue weighted by Gasteiger charge is -2.32. The molecule has 0 amide bonds. The molecule has 2 saturated carbocycles. The summed E-state index contributed by atoms with van der Waals surface area (Å²) in [5.41, 5.74) is 6.45. The van der Waals surface area contributed by atoms with E-state index < -0.39 is 57.1 Å². The predicted octanol–water partition coefficient (Wildman–Crippen LogP) is 12.7. The number of nitrogens with one attached hydrogen (secondary N) is 2. The second kappa shape index (κ2) is 31.1. The number of aliphatic carboxylic acids is 2. The highest BCUT2D eigenvalue weighted by atomic mass is 32.2. The molecule has 472 valence electrons. The Hall–Kier alpha value is -6.82. The average molecular weight is 1280 g/mol. The molecular weight excluding hydrogens is 1200 g/mol. The van der Waals surface area contributed by atoms with Crippen LogP contribution < -0.4 is 20.1 Å². The minimum atomic E-state index is -3.39. The van der Waals surface area contributed by atoms with E-state index in [4.69, 9.17) is 18.9 Å². The molecule has 6 aromatic rings. The fourth-order valence-electron chi connectivity index (χ4n) is 11.9. The van der Waals surface area contributed by atoms with Gasteiger partial charge in [-0.3, -0.25) is 0 Å². The Kier molecular flexibility index (Phi) is 23.2. The van der Waals surface area contributed by atoms with Crippen LogP contribution in [0.25, 0.3) is 20.9 Å². The summed E-state index contributed by atoms with van der Waals surface area (Å²) in [6.45, 7) is 5.06. The Bertz CT molecular complexity index is 3320. The summed E-state index contributed by atoms with van der Waals surface area (Å²) < 4.78 is 77.6. The van der Waals surface area contributed by atoms with Gasteiger partial charge in [0.1, 0.15) is 11.5 Å². The maximum atomic E-state index is 13.2. The minimum absolute atomic E-state index is 0.00241. The molecule has 0 spiro atoms. The number of thiophene rings is 2. The summed E-state index contributed by atoms with van der Waals surface area (Å²) in [4.78, 5) is 51.1. The van der Waals surface area contributed by atoms with Crippen LogP contribution in [0.1, 0.15) is 131 Å². The number of carbonyl (C=O) groups is 4. The van der Waals surface area contributed by atoms with E-state index in [9.17, 15) is 46.2 Å². The summed E-state index contributed by atoms with van der Waals surface area (Å²) in [6, 6.07) is 34.4. The zero-order valence-corrected chi connectivity index (χ0v) is 53.3. The van der Waals surface area contributed by atoms with Gasteiger partial charge in [-0.1, -0.05) is 123 Å². The summed E-state index contributed by atoms with van der Waals surface area (Å²) in [7, 11) is -6.78. The van der Waals surface area contributed by atoms with Crippen molar-refractivity contribution < 1.29 is 65.2 Å². The van der Waals surface area contributed by atoms with Gasteiger partial charge in [-0.2, -0.15) is 0 Å². The van der Waals surface area contributed by atoms with Crippen LogP contribution in [-0.2, 0) is 50.6 Å². The topological polar surface area (TPSA) is 244 Å². The van der Waals surface area contributed by atoms with E-state index in [0.717, 1.165) is 94.7 Å². The molecule has 2 aliphatic carbocycles. The first-order valence-electron chi connectivity index (χ1n) is 30.5. The van der Waals surface area contributed by atoms with Crippen LogP contribution in [0.3, 0.4) is 0 Å². The number of hydrogen-bond donors (Lipinski definition) is 4. The summed E-state index contributed by atoms with van der Waals surface area (Å²) in [5.74, 6) is -1.99. The highest BCUT2D eigenvalue weighted by Crippen LogP contribution is 2.44. The largest absolute Gasteiger partial charge is 0.480 e. The van der Waals surface area contributed by atoms with Gasteiger partial charge in [0, 0.05) is 70.5 Å². The SMILES string of the molecule is Cc1c(-c2cccc(NC3CCN(S(=O)(=O)Cc4ccccc4)CC3)c2)sc(C(=O)OCC2CCCCC2)c1OCC(=O)O.Cc1c(-c2cccc(NC3CCN(S(=O)(=O)Cc4ccccc4)CC3)c2)sc(C(=O)OCC2CCCCC2)c1OCC(=O)O. The standard InChI is InChI=1S/2C33H40N2O7S2/c2*1-23-30(41-21-29(36)37)32(33(38)42-20-24-9-4-2-5-10-24)43-31(23)26-13-8-14-28(19-26)34-27-15-17-35(18-16-27)44(39,40)22-25-11-6-3-7-12-25/h2*3,6-8,11-14,19,24,27,34H,2,4-5,9-10,15-18,20-22H2,1H3,(H,36,37). The lowest BCUT2D eigenvalue weighted by atomic mass is 9.90. The van der Waals surface area contributed by atoms with Gasteiger partial charge in [-0.05, 0) is 124 Å². The monoisotopic (exact) mass is 1280 g/mol. The first-order valence-corrected chi connectivity index (χ1v) is 35.3. The first-order chi connectivity index (χ1) is 42.4. The van der Waals surface area contributed by atoms with Gasteiger partial charge in [-0.25, -0.2) is 44.6 Å². The fraction of sp³-hybridized carbons (Fsp3) is 0.455. The van der Waals surface area contributed by atoms with Crippen LogP contribution >= 0.6 is 22.7 Å². The molecule has 4 N–H and O–H groups in total. The number of anilines is 2. The number of hydrogen-bond acceptors (Lipinski definition) is 16. The third-order valence-electron chi connectivity index (χ3n) is 16.7. The predicted molar refractivity (Wildman–Crippen MR) is 344 cm³/mol. The molecule has 0 atom stereocenters. The van der Waals surface area contributed by atoms with E-state index in [-0.39, 0.29) is 44.8 Å². The van der Waals surface area contributed by atoms with E-state index in [0.29, 0.717) is 88.0 Å². The van der Waals surface area contributed by atoms with Crippen LogP contribution in [0.5, 0.6) is 11.5 Å². The number of sulfonamides is 2. The van der Waals surface area contributed by atoms with Crippen LogP contribution in [-0.4, -0.2) is 124 Å². The van der Waals surface area contributed by atoms with Crippen LogP contribution in [0, 0.1) is 25.7 Å².